The quantitative estimate of drug-likeness (QED) is 0.605. The molecule has 0 amide bonds. The standard InChI is InChI=1S/C8H18N2O/c1-9-11-7-8-3-5-10(2)6-4-8/h8-9H,3-7H2,1-2H3. The minimum Gasteiger partial charge on any atom is -0.306 e. The van der Waals surface area contributed by atoms with Crippen LogP contribution in [0.5, 0.6) is 0 Å². The molecule has 1 aliphatic rings. The molecule has 1 heterocycles. The minimum atomic E-state index is 0.763. The second kappa shape index (κ2) is 4.70. The molecule has 66 valence electrons. The zero-order chi connectivity index (χ0) is 8.10. The van der Waals surface area contributed by atoms with Gasteiger partial charge >= 0.3 is 0 Å². The van der Waals surface area contributed by atoms with Crippen LogP contribution in [0.2, 0.25) is 0 Å². The summed E-state index contributed by atoms with van der Waals surface area (Å²) in [4.78, 5) is 7.51. The van der Waals surface area contributed by atoms with Crippen molar-refractivity contribution in [1.29, 1.82) is 0 Å². The molecule has 0 atom stereocenters. The fourth-order valence-electron chi connectivity index (χ4n) is 1.43. The third kappa shape index (κ3) is 3.18. The van der Waals surface area contributed by atoms with E-state index in [1.54, 1.807) is 0 Å². The van der Waals surface area contributed by atoms with Gasteiger partial charge in [0.15, 0.2) is 0 Å². The Labute approximate surface area is 68.7 Å². The molecule has 0 unspecified atom stereocenters. The number of nitrogens with one attached hydrogen (secondary N) is 1. The van der Waals surface area contributed by atoms with E-state index in [1.165, 1.54) is 25.9 Å². The molecule has 0 radical (unpaired) electrons. The number of hydrogen-bond donors (Lipinski definition) is 1. The van der Waals surface area contributed by atoms with Crippen molar-refractivity contribution < 1.29 is 4.84 Å². The first-order valence-electron chi connectivity index (χ1n) is 4.30. The molecular formula is C8H18N2O. The maximum atomic E-state index is 5.14. The van der Waals surface area contributed by atoms with E-state index in [0.29, 0.717) is 0 Å². The van der Waals surface area contributed by atoms with Gasteiger partial charge in [-0.3, -0.25) is 0 Å². The monoisotopic (exact) mass is 158 g/mol. The second-order valence-electron chi connectivity index (χ2n) is 3.26. The molecule has 0 bridgehead atoms. The number of nitrogens with zero attached hydrogens (tertiary/aromatic N) is 1. The lowest BCUT2D eigenvalue weighted by Gasteiger charge is -2.28. The first-order valence-corrected chi connectivity index (χ1v) is 4.30. The van der Waals surface area contributed by atoms with Gasteiger partial charge in [0.2, 0.25) is 0 Å². The summed E-state index contributed by atoms with van der Waals surface area (Å²) in [6.07, 6.45) is 2.55. The van der Waals surface area contributed by atoms with Crippen LogP contribution in [0.4, 0.5) is 0 Å². The van der Waals surface area contributed by atoms with Crippen molar-refractivity contribution in [3.05, 3.63) is 0 Å². The number of likely N-dealkylation sites (tertiary alicyclic amines) is 1. The Balaban J connectivity index is 2.07. The maximum Gasteiger partial charge on any atom is 0.0711 e. The van der Waals surface area contributed by atoms with Gasteiger partial charge in [-0.05, 0) is 38.9 Å². The molecule has 0 aliphatic carbocycles. The van der Waals surface area contributed by atoms with Crippen LogP contribution < -0.4 is 5.48 Å². The topological polar surface area (TPSA) is 24.5 Å². The van der Waals surface area contributed by atoms with Gasteiger partial charge in [-0.1, -0.05) is 0 Å². The molecule has 1 fully saturated rings. The lowest BCUT2D eigenvalue weighted by Crippen LogP contribution is -2.32. The summed E-state index contributed by atoms with van der Waals surface area (Å²) in [6, 6.07) is 0. The summed E-state index contributed by atoms with van der Waals surface area (Å²) in [7, 11) is 3.99. The second-order valence-corrected chi connectivity index (χ2v) is 3.26. The summed E-state index contributed by atoms with van der Waals surface area (Å²) in [5.74, 6) is 0.763. The molecule has 1 rings (SSSR count). The largest absolute Gasteiger partial charge is 0.306 e. The zero-order valence-electron chi connectivity index (χ0n) is 7.47. The summed E-state index contributed by atoms with van der Waals surface area (Å²) >= 11 is 0. The number of hydroxylamine groups is 1. The summed E-state index contributed by atoms with van der Waals surface area (Å²) < 4.78 is 0. The molecule has 1 aliphatic heterocycles. The highest BCUT2D eigenvalue weighted by Crippen LogP contribution is 2.15. The SMILES string of the molecule is CNOCC1CCN(C)CC1. The number of hydrogen-bond acceptors (Lipinski definition) is 3. The molecule has 1 N–H and O–H groups in total. The van der Waals surface area contributed by atoms with Crippen molar-refractivity contribution in [3.63, 3.8) is 0 Å². The fraction of sp³-hybridized carbons (Fsp3) is 1.00. The van der Waals surface area contributed by atoms with Gasteiger partial charge in [-0.2, -0.15) is 0 Å². The third-order valence-corrected chi connectivity index (χ3v) is 2.30. The Morgan fingerprint density at radius 3 is 2.64 bits per heavy atom. The van der Waals surface area contributed by atoms with E-state index >= 15 is 0 Å². The van der Waals surface area contributed by atoms with E-state index in [1.807, 2.05) is 7.05 Å². The average molecular weight is 158 g/mol. The van der Waals surface area contributed by atoms with Gasteiger partial charge < -0.3 is 9.74 Å². The van der Waals surface area contributed by atoms with Crippen molar-refractivity contribution in [2.75, 3.05) is 33.8 Å². The van der Waals surface area contributed by atoms with Crippen molar-refractivity contribution in [2.24, 2.45) is 5.92 Å². The summed E-state index contributed by atoms with van der Waals surface area (Å²) in [5, 5.41) is 0. The van der Waals surface area contributed by atoms with Gasteiger partial charge in [0.1, 0.15) is 0 Å². The highest BCUT2D eigenvalue weighted by Gasteiger charge is 2.16. The van der Waals surface area contributed by atoms with Crippen LogP contribution in [0.15, 0.2) is 0 Å². The minimum absolute atomic E-state index is 0.763. The fourth-order valence-corrected chi connectivity index (χ4v) is 1.43. The molecule has 0 spiro atoms. The van der Waals surface area contributed by atoms with E-state index in [0.717, 1.165) is 12.5 Å². The van der Waals surface area contributed by atoms with E-state index in [2.05, 4.69) is 17.4 Å². The Morgan fingerprint density at radius 2 is 2.09 bits per heavy atom. The van der Waals surface area contributed by atoms with Crippen molar-refractivity contribution in [2.45, 2.75) is 12.8 Å². The third-order valence-electron chi connectivity index (χ3n) is 2.30. The van der Waals surface area contributed by atoms with Crippen LogP contribution in [0.3, 0.4) is 0 Å². The first kappa shape index (κ1) is 8.97. The first-order chi connectivity index (χ1) is 5.33. The molecule has 11 heavy (non-hydrogen) atoms. The lowest BCUT2D eigenvalue weighted by atomic mass is 9.98. The average Bonchev–Trinajstić information content (AvgIpc) is 2.04. The molecular weight excluding hydrogens is 140 g/mol. The van der Waals surface area contributed by atoms with Gasteiger partial charge in [0, 0.05) is 7.05 Å². The van der Waals surface area contributed by atoms with Crippen LogP contribution in [0, 0.1) is 5.92 Å². The lowest BCUT2D eigenvalue weighted by molar-refractivity contribution is 0.0163. The van der Waals surface area contributed by atoms with Crippen molar-refractivity contribution >= 4 is 0 Å². The molecule has 1 saturated heterocycles. The zero-order valence-corrected chi connectivity index (χ0v) is 7.47. The molecule has 3 heteroatoms. The predicted octanol–water partition coefficient (Wildman–Crippen LogP) is 0.479. The Hall–Kier alpha value is -0.120. The molecule has 0 aromatic rings. The molecule has 3 nitrogen and oxygen atoms in total. The van der Waals surface area contributed by atoms with E-state index < -0.39 is 0 Å². The normalized spacial score (nSPS) is 22.4. The van der Waals surface area contributed by atoms with Crippen LogP contribution in [-0.4, -0.2) is 38.7 Å². The van der Waals surface area contributed by atoms with Gasteiger partial charge in [-0.15, -0.1) is 0 Å². The Bertz CT molecular complexity index is 97.5. The predicted molar refractivity (Wildman–Crippen MR) is 45.2 cm³/mol. The smallest absolute Gasteiger partial charge is 0.0711 e. The van der Waals surface area contributed by atoms with E-state index in [4.69, 9.17) is 4.84 Å². The maximum absolute atomic E-state index is 5.14. The summed E-state index contributed by atoms with van der Waals surface area (Å²) in [5.41, 5.74) is 2.71. The van der Waals surface area contributed by atoms with Gasteiger partial charge in [-0.25, -0.2) is 5.48 Å². The van der Waals surface area contributed by atoms with Gasteiger partial charge in [0.05, 0.1) is 6.61 Å². The van der Waals surface area contributed by atoms with Crippen LogP contribution in [-0.2, 0) is 4.84 Å². The molecule has 0 aromatic carbocycles. The van der Waals surface area contributed by atoms with Crippen LogP contribution >= 0.6 is 0 Å². The van der Waals surface area contributed by atoms with E-state index in [-0.39, 0.29) is 0 Å². The summed E-state index contributed by atoms with van der Waals surface area (Å²) in [6.45, 7) is 3.31. The van der Waals surface area contributed by atoms with Crippen molar-refractivity contribution in [3.8, 4) is 0 Å². The highest BCUT2D eigenvalue weighted by molar-refractivity contribution is 4.68. The van der Waals surface area contributed by atoms with Crippen LogP contribution in [0.25, 0.3) is 0 Å². The molecule has 0 saturated carbocycles. The Morgan fingerprint density at radius 1 is 1.45 bits per heavy atom. The number of rotatable bonds is 3. The molecule has 0 aromatic heterocycles. The number of piperidine rings is 1. The van der Waals surface area contributed by atoms with Crippen molar-refractivity contribution in [1.82, 2.24) is 10.4 Å². The Kier molecular flexibility index (Phi) is 3.83. The van der Waals surface area contributed by atoms with E-state index in [9.17, 15) is 0 Å². The van der Waals surface area contributed by atoms with Gasteiger partial charge in [0.25, 0.3) is 0 Å². The van der Waals surface area contributed by atoms with Crippen LogP contribution in [0.1, 0.15) is 12.8 Å². The highest BCUT2D eigenvalue weighted by atomic mass is 16.6.